The summed E-state index contributed by atoms with van der Waals surface area (Å²) in [5.74, 6) is 0. The van der Waals surface area contributed by atoms with Crippen LogP contribution in [0.2, 0.25) is 0 Å². The highest BCUT2D eigenvalue weighted by Gasteiger charge is 2.01. The van der Waals surface area contributed by atoms with Crippen LogP contribution >= 0.6 is 0 Å². The molecule has 0 spiro atoms. The van der Waals surface area contributed by atoms with E-state index in [4.69, 9.17) is 15.7 Å². The molecule has 0 aromatic carbocycles. The summed E-state index contributed by atoms with van der Waals surface area (Å²) in [5.41, 5.74) is 5.19. The van der Waals surface area contributed by atoms with Gasteiger partial charge in [0.25, 0.3) is 0 Å². The van der Waals surface area contributed by atoms with Gasteiger partial charge in [-0.2, -0.15) is 5.06 Å². The standard InChI is InChI=1S/C6H16N2O2/c1-6(9)5-8(2)10-4-3-7/h6,9H,3-5,7H2,1-2H3. The Morgan fingerprint density at radius 2 is 2.30 bits per heavy atom. The second-order valence-electron chi connectivity index (χ2n) is 2.28. The maximum absolute atomic E-state index is 8.87. The van der Waals surface area contributed by atoms with Gasteiger partial charge < -0.3 is 10.8 Å². The van der Waals surface area contributed by atoms with Crippen molar-refractivity contribution in [2.24, 2.45) is 5.73 Å². The molecule has 0 rings (SSSR count). The number of hydrogen-bond donors (Lipinski definition) is 2. The molecule has 4 heteroatoms. The molecule has 0 heterocycles. The van der Waals surface area contributed by atoms with Gasteiger partial charge in [-0.05, 0) is 6.92 Å². The topological polar surface area (TPSA) is 58.7 Å². The Kier molecular flexibility index (Phi) is 5.52. The van der Waals surface area contributed by atoms with Gasteiger partial charge in [-0.1, -0.05) is 0 Å². The van der Waals surface area contributed by atoms with E-state index in [0.717, 1.165) is 0 Å². The number of aliphatic hydroxyl groups is 1. The molecule has 62 valence electrons. The van der Waals surface area contributed by atoms with Gasteiger partial charge in [0, 0.05) is 20.1 Å². The van der Waals surface area contributed by atoms with Gasteiger partial charge in [0.05, 0.1) is 12.7 Å². The van der Waals surface area contributed by atoms with Crippen molar-refractivity contribution < 1.29 is 9.94 Å². The molecule has 0 aromatic rings. The summed E-state index contributed by atoms with van der Waals surface area (Å²) in [6.45, 7) is 3.23. The molecule has 0 radical (unpaired) electrons. The quantitative estimate of drug-likeness (QED) is 0.501. The van der Waals surface area contributed by atoms with Crippen molar-refractivity contribution in [3.8, 4) is 0 Å². The van der Waals surface area contributed by atoms with Crippen LogP contribution in [0.15, 0.2) is 0 Å². The zero-order valence-electron chi connectivity index (χ0n) is 6.58. The number of rotatable bonds is 5. The van der Waals surface area contributed by atoms with E-state index in [1.54, 1.807) is 19.0 Å². The third kappa shape index (κ3) is 5.97. The highest BCUT2D eigenvalue weighted by atomic mass is 16.7. The van der Waals surface area contributed by atoms with Crippen LogP contribution in [0.4, 0.5) is 0 Å². The fourth-order valence-electron chi connectivity index (χ4n) is 0.633. The van der Waals surface area contributed by atoms with E-state index in [-0.39, 0.29) is 6.10 Å². The lowest BCUT2D eigenvalue weighted by Crippen LogP contribution is -2.29. The minimum absolute atomic E-state index is 0.359. The van der Waals surface area contributed by atoms with Crippen molar-refractivity contribution in [2.45, 2.75) is 13.0 Å². The predicted molar refractivity (Wildman–Crippen MR) is 39.3 cm³/mol. The van der Waals surface area contributed by atoms with E-state index < -0.39 is 0 Å². The van der Waals surface area contributed by atoms with Crippen LogP contribution in [0.25, 0.3) is 0 Å². The van der Waals surface area contributed by atoms with Gasteiger partial charge in [0.2, 0.25) is 0 Å². The normalized spacial score (nSPS) is 14.1. The van der Waals surface area contributed by atoms with Crippen molar-refractivity contribution in [1.29, 1.82) is 0 Å². The Morgan fingerprint density at radius 1 is 1.70 bits per heavy atom. The smallest absolute Gasteiger partial charge is 0.0807 e. The van der Waals surface area contributed by atoms with Gasteiger partial charge >= 0.3 is 0 Å². The molecule has 0 fully saturated rings. The fraction of sp³-hybridized carbons (Fsp3) is 1.00. The SMILES string of the molecule is CC(O)CN(C)OCCN. The third-order valence-electron chi connectivity index (χ3n) is 0.951. The zero-order chi connectivity index (χ0) is 7.98. The van der Waals surface area contributed by atoms with E-state index in [2.05, 4.69) is 0 Å². The summed E-state index contributed by atoms with van der Waals surface area (Å²) in [7, 11) is 1.77. The molecular weight excluding hydrogens is 132 g/mol. The Balaban J connectivity index is 3.16. The maximum atomic E-state index is 8.87. The average Bonchev–Trinajstić information content (AvgIpc) is 1.82. The molecule has 1 unspecified atom stereocenters. The van der Waals surface area contributed by atoms with Crippen LogP contribution < -0.4 is 5.73 Å². The monoisotopic (exact) mass is 148 g/mol. The Morgan fingerprint density at radius 3 is 2.70 bits per heavy atom. The van der Waals surface area contributed by atoms with E-state index in [0.29, 0.717) is 19.7 Å². The Hall–Kier alpha value is -0.160. The zero-order valence-corrected chi connectivity index (χ0v) is 6.58. The summed E-state index contributed by atoms with van der Waals surface area (Å²) in [6, 6.07) is 0. The molecule has 0 bridgehead atoms. The van der Waals surface area contributed by atoms with Crippen LogP contribution in [0.1, 0.15) is 6.92 Å². The van der Waals surface area contributed by atoms with Crippen molar-refractivity contribution in [3.05, 3.63) is 0 Å². The molecule has 0 aliphatic heterocycles. The van der Waals surface area contributed by atoms with Gasteiger partial charge in [-0.25, -0.2) is 0 Å². The molecule has 10 heavy (non-hydrogen) atoms. The van der Waals surface area contributed by atoms with Crippen molar-refractivity contribution in [1.82, 2.24) is 5.06 Å². The lowest BCUT2D eigenvalue weighted by Gasteiger charge is -2.17. The first kappa shape index (κ1) is 9.84. The highest BCUT2D eigenvalue weighted by Crippen LogP contribution is 1.87. The lowest BCUT2D eigenvalue weighted by molar-refractivity contribution is -0.150. The summed E-state index contributed by atoms with van der Waals surface area (Å²) in [5, 5.41) is 10.5. The maximum Gasteiger partial charge on any atom is 0.0807 e. The predicted octanol–water partition coefficient (Wildman–Crippen LogP) is -0.811. The Labute approximate surface area is 61.5 Å². The van der Waals surface area contributed by atoms with E-state index in [1.165, 1.54) is 0 Å². The highest BCUT2D eigenvalue weighted by molar-refractivity contribution is 4.46. The van der Waals surface area contributed by atoms with Gasteiger partial charge in [-0.15, -0.1) is 0 Å². The van der Waals surface area contributed by atoms with Crippen LogP contribution in [0.3, 0.4) is 0 Å². The fourth-order valence-corrected chi connectivity index (χ4v) is 0.633. The van der Waals surface area contributed by atoms with E-state index in [1.807, 2.05) is 0 Å². The van der Waals surface area contributed by atoms with Gasteiger partial charge in [0.1, 0.15) is 0 Å². The molecule has 0 aliphatic rings. The van der Waals surface area contributed by atoms with Crippen LogP contribution in [-0.2, 0) is 4.84 Å². The molecule has 0 saturated heterocycles. The number of aliphatic hydroxyl groups excluding tert-OH is 1. The van der Waals surface area contributed by atoms with E-state index >= 15 is 0 Å². The number of hydrogen-bond acceptors (Lipinski definition) is 4. The van der Waals surface area contributed by atoms with Crippen LogP contribution in [-0.4, -0.2) is 43.0 Å². The van der Waals surface area contributed by atoms with Gasteiger partial charge in [0.15, 0.2) is 0 Å². The summed E-state index contributed by atoms with van der Waals surface area (Å²) < 4.78 is 0. The second kappa shape index (κ2) is 5.61. The second-order valence-corrected chi connectivity index (χ2v) is 2.28. The van der Waals surface area contributed by atoms with E-state index in [9.17, 15) is 0 Å². The molecule has 0 saturated carbocycles. The van der Waals surface area contributed by atoms with Crippen molar-refractivity contribution in [2.75, 3.05) is 26.7 Å². The molecule has 0 aromatic heterocycles. The number of nitrogens with zero attached hydrogens (tertiary/aromatic N) is 1. The minimum atomic E-state index is -0.359. The lowest BCUT2D eigenvalue weighted by atomic mass is 10.4. The summed E-state index contributed by atoms with van der Waals surface area (Å²) in [6.07, 6.45) is -0.359. The molecule has 0 amide bonds. The summed E-state index contributed by atoms with van der Waals surface area (Å²) >= 11 is 0. The minimum Gasteiger partial charge on any atom is -0.392 e. The summed E-state index contributed by atoms with van der Waals surface area (Å²) in [4.78, 5) is 5.05. The first-order valence-electron chi connectivity index (χ1n) is 3.39. The van der Waals surface area contributed by atoms with Crippen molar-refractivity contribution >= 4 is 0 Å². The molecule has 4 nitrogen and oxygen atoms in total. The third-order valence-corrected chi connectivity index (χ3v) is 0.951. The number of likely N-dealkylation sites (N-methyl/N-ethyl adjacent to an activating group) is 1. The van der Waals surface area contributed by atoms with Crippen LogP contribution in [0.5, 0.6) is 0 Å². The number of hydroxylamine groups is 2. The number of nitrogens with two attached hydrogens (primary N) is 1. The van der Waals surface area contributed by atoms with Crippen LogP contribution in [0, 0.1) is 0 Å². The van der Waals surface area contributed by atoms with Crippen molar-refractivity contribution in [3.63, 3.8) is 0 Å². The molecule has 3 N–H and O–H groups in total. The largest absolute Gasteiger partial charge is 0.392 e. The molecule has 0 aliphatic carbocycles. The first-order valence-corrected chi connectivity index (χ1v) is 3.39. The first-order chi connectivity index (χ1) is 4.66. The molecular formula is C6H16N2O2. The molecule has 1 atom stereocenters. The average molecular weight is 148 g/mol. The Bertz CT molecular complexity index is 78.1. The van der Waals surface area contributed by atoms with Gasteiger partial charge in [-0.3, -0.25) is 4.84 Å².